The maximum atomic E-state index is 12.8. The lowest BCUT2D eigenvalue weighted by molar-refractivity contribution is 0.405. The van der Waals surface area contributed by atoms with E-state index in [9.17, 15) is 16.8 Å². The summed E-state index contributed by atoms with van der Waals surface area (Å²) in [5.41, 5.74) is 0.637. The fourth-order valence-electron chi connectivity index (χ4n) is 2.88. The van der Waals surface area contributed by atoms with Gasteiger partial charge in [-0.3, -0.25) is 9.44 Å². The molecule has 0 unspecified atom stereocenters. The lowest BCUT2D eigenvalue weighted by atomic mass is 10.2. The number of methoxy groups -OCH3 is 2. The number of ether oxygens (including phenoxy) is 2. The van der Waals surface area contributed by atoms with Crippen LogP contribution >= 0.6 is 23.2 Å². The molecule has 0 amide bonds. The normalized spacial score (nSPS) is 11.6. The van der Waals surface area contributed by atoms with Crippen molar-refractivity contribution in [1.82, 2.24) is 0 Å². The van der Waals surface area contributed by atoms with Crippen LogP contribution in [0.4, 0.5) is 11.4 Å². The highest BCUT2D eigenvalue weighted by Gasteiger charge is 2.19. The van der Waals surface area contributed by atoms with E-state index in [0.717, 1.165) is 0 Å². The molecule has 0 heterocycles. The molecule has 33 heavy (non-hydrogen) atoms. The van der Waals surface area contributed by atoms with Gasteiger partial charge in [0.25, 0.3) is 10.0 Å². The summed E-state index contributed by atoms with van der Waals surface area (Å²) in [5, 5.41) is 0.460. The van der Waals surface area contributed by atoms with Crippen molar-refractivity contribution in [3.8, 4) is 11.5 Å². The zero-order valence-electron chi connectivity index (χ0n) is 17.5. The molecule has 0 saturated carbocycles. The van der Waals surface area contributed by atoms with Crippen LogP contribution in [0.1, 0.15) is 5.56 Å². The van der Waals surface area contributed by atoms with Gasteiger partial charge in [-0.2, -0.15) is 0 Å². The van der Waals surface area contributed by atoms with Crippen molar-refractivity contribution in [3.05, 3.63) is 76.3 Å². The molecule has 0 aliphatic rings. The Morgan fingerprint density at radius 2 is 1.45 bits per heavy atom. The molecule has 0 saturated heterocycles. The highest BCUT2D eigenvalue weighted by molar-refractivity contribution is 7.92. The topological polar surface area (TPSA) is 111 Å². The largest absolute Gasteiger partial charge is 0.497 e. The minimum atomic E-state index is -3.99. The van der Waals surface area contributed by atoms with E-state index in [2.05, 4.69) is 9.44 Å². The number of rotatable bonds is 9. The first-order chi connectivity index (χ1) is 15.5. The molecule has 0 atom stereocenters. The predicted molar refractivity (Wildman–Crippen MR) is 130 cm³/mol. The second-order valence-corrected chi connectivity index (χ2v) is 11.0. The number of sulfonamides is 2. The Balaban J connectivity index is 1.78. The molecule has 3 aromatic carbocycles. The molecule has 0 aliphatic carbocycles. The fraction of sp³-hybridized carbons (Fsp3) is 0.143. The number of benzene rings is 3. The van der Waals surface area contributed by atoms with Gasteiger partial charge in [-0.25, -0.2) is 16.8 Å². The number of hydrogen-bond donors (Lipinski definition) is 2. The first kappa shape index (κ1) is 25.0. The van der Waals surface area contributed by atoms with Gasteiger partial charge in [0.2, 0.25) is 10.0 Å². The van der Waals surface area contributed by atoms with Gasteiger partial charge in [-0.1, -0.05) is 29.3 Å². The predicted octanol–water partition coefficient (Wildman–Crippen LogP) is 4.75. The Labute approximate surface area is 202 Å². The van der Waals surface area contributed by atoms with Crippen LogP contribution in [0.15, 0.2) is 65.6 Å². The number of hydrogen-bond acceptors (Lipinski definition) is 6. The summed E-state index contributed by atoms with van der Waals surface area (Å²) in [4.78, 5) is -0.0792. The third kappa shape index (κ3) is 6.23. The molecular weight excluding hydrogens is 511 g/mol. The summed E-state index contributed by atoms with van der Waals surface area (Å²) < 4.78 is 65.8. The van der Waals surface area contributed by atoms with Crippen molar-refractivity contribution in [1.29, 1.82) is 0 Å². The Hall–Kier alpha value is -2.66. The number of anilines is 2. The van der Waals surface area contributed by atoms with Gasteiger partial charge in [0.15, 0.2) is 0 Å². The van der Waals surface area contributed by atoms with Crippen LogP contribution in [0.2, 0.25) is 10.0 Å². The van der Waals surface area contributed by atoms with E-state index in [0.29, 0.717) is 11.5 Å². The van der Waals surface area contributed by atoms with Crippen molar-refractivity contribution in [2.24, 2.45) is 0 Å². The molecule has 0 aliphatic heterocycles. The van der Waals surface area contributed by atoms with Gasteiger partial charge in [-0.15, -0.1) is 0 Å². The van der Waals surface area contributed by atoms with Gasteiger partial charge in [0.05, 0.1) is 30.6 Å². The molecule has 0 radical (unpaired) electrons. The van der Waals surface area contributed by atoms with E-state index < -0.39 is 25.8 Å². The van der Waals surface area contributed by atoms with Crippen molar-refractivity contribution in [2.75, 3.05) is 23.7 Å². The lowest BCUT2D eigenvalue weighted by Crippen LogP contribution is -2.16. The average molecular weight is 531 g/mol. The molecule has 3 aromatic rings. The van der Waals surface area contributed by atoms with Gasteiger partial charge < -0.3 is 9.47 Å². The van der Waals surface area contributed by atoms with Crippen LogP contribution in [0.5, 0.6) is 11.5 Å². The van der Waals surface area contributed by atoms with Gasteiger partial charge >= 0.3 is 0 Å². The van der Waals surface area contributed by atoms with E-state index in [1.165, 1.54) is 44.6 Å². The molecule has 0 spiro atoms. The fourth-order valence-corrected chi connectivity index (χ4v) is 5.88. The second-order valence-electron chi connectivity index (χ2n) is 6.76. The Bertz CT molecular complexity index is 1340. The monoisotopic (exact) mass is 530 g/mol. The third-order valence-electron chi connectivity index (χ3n) is 4.48. The van der Waals surface area contributed by atoms with Crippen LogP contribution in [0.25, 0.3) is 0 Å². The molecule has 0 aromatic heterocycles. The Morgan fingerprint density at radius 1 is 0.818 bits per heavy atom. The van der Waals surface area contributed by atoms with E-state index in [4.69, 9.17) is 32.7 Å². The summed E-state index contributed by atoms with van der Waals surface area (Å²) in [6, 6.07) is 14.6. The molecule has 2 N–H and O–H groups in total. The van der Waals surface area contributed by atoms with Crippen molar-refractivity contribution >= 4 is 54.6 Å². The first-order valence-electron chi connectivity index (χ1n) is 9.33. The van der Waals surface area contributed by atoms with Gasteiger partial charge in [-0.05, 0) is 48.5 Å². The standard InChI is InChI=1S/C21H20Cl2N2O6S2/c1-30-15-8-11-21(31-2)20(12-15)25-33(28,29)16-9-6-14(7-10-16)24-32(26,27)13-17-18(22)4-3-5-19(17)23/h3-12,24-25H,13H2,1-2H3. The van der Waals surface area contributed by atoms with Gasteiger partial charge in [0.1, 0.15) is 11.5 Å². The smallest absolute Gasteiger partial charge is 0.262 e. The third-order valence-corrected chi connectivity index (χ3v) is 7.79. The molecule has 12 heteroatoms. The van der Waals surface area contributed by atoms with Crippen LogP contribution in [-0.2, 0) is 25.8 Å². The van der Waals surface area contributed by atoms with Crippen molar-refractivity contribution in [3.63, 3.8) is 0 Å². The maximum Gasteiger partial charge on any atom is 0.262 e. The van der Waals surface area contributed by atoms with E-state index in [1.54, 1.807) is 30.3 Å². The average Bonchev–Trinajstić information content (AvgIpc) is 2.76. The SMILES string of the molecule is COc1ccc(OC)c(NS(=O)(=O)c2ccc(NS(=O)(=O)Cc3c(Cl)cccc3Cl)cc2)c1. The molecule has 0 fully saturated rings. The van der Waals surface area contributed by atoms with E-state index in [1.807, 2.05) is 0 Å². The summed E-state index contributed by atoms with van der Waals surface area (Å²) in [6.45, 7) is 0. The molecule has 176 valence electrons. The van der Waals surface area contributed by atoms with Crippen LogP contribution < -0.4 is 18.9 Å². The molecule has 8 nitrogen and oxygen atoms in total. The van der Waals surface area contributed by atoms with Crippen molar-refractivity contribution < 1.29 is 26.3 Å². The van der Waals surface area contributed by atoms with Crippen LogP contribution in [-0.4, -0.2) is 31.1 Å². The number of halogens is 2. The van der Waals surface area contributed by atoms with Crippen LogP contribution in [0.3, 0.4) is 0 Å². The minimum absolute atomic E-state index is 0.0792. The second kappa shape index (κ2) is 10.1. The lowest BCUT2D eigenvalue weighted by Gasteiger charge is -2.14. The first-order valence-corrected chi connectivity index (χ1v) is 13.2. The van der Waals surface area contributed by atoms with Gasteiger partial charge in [0, 0.05) is 27.4 Å². The summed E-state index contributed by atoms with van der Waals surface area (Å²) in [7, 11) is -4.98. The molecule has 3 rings (SSSR count). The zero-order valence-corrected chi connectivity index (χ0v) is 20.6. The summed E-state index contributed by atoms with van der Waals surface area (Å²) in [5.74, 6) is 0.307. The quantitative estimate of drug-likeness (QED) is 0.412. The molecular formula is C21H20Cl2N2O6S2. The highest BCUT2D eigenvalue weighted by Crippen LogP contribution is 2.31. The summed E-state index contributed by atoms with van der Waals surface area (Å²) in [6.07, 6.45) is 0. The summed E-state index contributed by atoms with van der Waals surface area (Å²) >= 11 is 12.1. The van der Waals surface area contributed by atoms with Crippen molar-refractivity contribution in [2.45, 2.75) is 10.6 Å². The minimum Gasteiger partial charge on any atom is -0.497 e. The Morgan fingerprint density at radius 3 is 2.03 bits per heavy atom. The number of nitrogens with one attached hydrogen (secondary N) is 2. The highest BCUT2D eigenvalue weighted by atomic mass is 35.5. The Kier molecular flexibility index (Phi) is 7.63. The zero-order chi connectivity index (χ0) is 24.2. The van der Waals surface area contributed by atoms with E-state index in [-0.39, 0.29) is 31.9 Å². The van der Waals surface area contributed by atoms with Crippen LogP contribution in [0, 0.1) is 0 Å². The maximum absolute atomic E-state index is 12.8. The van der Waals surface area contributed by atoms with E-state index >= 15 is 0 Å². The molecule has 0 bridgehead atoms.